The van der Waals surface area contributed by atoms with Gasteiger partial charge in [0.25, 0.3) is 5.91 Å². The molecular weight excluding hydrogens is 472 g/mol. The second-order valence-electron chi connectivity index (χ2n) is 7.63. The van der Waals surface area contributed by atoms with Gasteiger partial charge in [0.2, 0.25) is 5.91 Å². The van der Waals surface area contributed by atoms with Gasteiger partial charge in [-0.1, -0.05) is 30.3 Å². The van der Waals surface area contributed by atoms with Crippen LogP contribution in [0.25, 0.3) is 0 Å². The Labute approximate surface area is 195 Å². The highest BCUT2D eigenvalue weighted by atomic mass is 79.9. The molecule has 1 aromatic heterocycles. The second kappa shape index (κ2) is 10.5. The van der Waals surface area contributed by atoms with Crippen LogP contribution in [-0.2, 0) is 11.3 Å². The zero-order valence-corrected chi connectivity index (χ0v) is 19.2. The molecule has 0 atom stereocenters. The van der Waals surface area contributed by atoms with E-state index in [0.29, 0.717) is 10.4 Å². The van der Waals surface area contributed by atoms with E-state index in [-0.39, 0.29) is 18.2 Å². The molecule has 1 aliphatic rings. The van der Waals surface area contributed by atoms with Gasteiger partial charge >= 0.3 is 0 Å². The molecule has 4 rings (SSSR count). The molecule has 2 heterocycles. The first-order chi connectivity index (χ1) is 15.6. The average molecular weight is 497 g/mol. The van der Waals surface area contributed by atoms with Gasteiger partial charge in [0.1, 0.15) is 0 Å². The fraction of sp³-hybridized carbons (Fsp3) is 0.250. The summed E-state index contributed by atoms with van der Waals surface area (Å²) in [7, 11) is 0. The summed E-state index contributed by atoms with van der Waals surface area (Å²) in [4.78, 5) is 28.9. The number of anilines is 2. The van der Waals surface area contributed by atoms with E-state index < -0.39 is 5.91 Å². The maximum atomic E-state index is 12.1. The van der Waals surface area contributed by atoms with Crippen molar-refractivity contribution in [3.05, 3.63) is 82.7 Å². The van der Waals surface area contributed by atoms with Gasteiger partial charge in [-0.3, -0.25) is 14.5 Å². The van der Waals surface area contributed by atoms with Crippen molar-refractivity contribution in [1.29, 1.82) is 0 Å². The molecule has 2 N–H and O–H groups in total. The molecule has 166 valence electrons. The van der Waals surface area contributed by atoms with E-state index in [9.17, 15) is 9.59 Å². The van der Waals surface area contributed by atoms with Crippen molar-refractivity contribution in [2.24, 2.45) is 0 Å². The quantitative estimate of drug-likeness (QED) is 0.520. The monoisotopic (exact) mass is 496 g/mol. The van der Waals surface area contributed by atoms with Crippen LogP contribution in [0.15, 0.2) is 75.8 Å². The third kappa shape index (κ3) is 5.99. The summed E-state index contributed by atoms with van der Waals surface area (Å²) in [6.07, 6.45) is 0. The van der Waals surface area contributed by atoms with Crippen LogP contribution in [-0.4, -0.2) is 49.4 Å². The molecule has 8 heteroatoms. The Morgan fingerprint density at radius 1 is 0.906 bits per heavy atom. The number of benzene rings is 2. The summed E-state index contributed by atoms with van der Waals surface area (Å²) >= 11 is 3.14. The molecular formula is C24H25BrN4O3. The first-order valence-corrected chi connectivity index (χ1v) is 11.3. The van der Waals surface area contributed by atoms with Crippen LogP contribution in [0, 0.1) is 0 Å². The number of nitrogens with zero attached hydrogens (tertiary/aromatic N) is 2. The third-order valence-corrected chi connectivity index (χ3v) is 5.77. The molecule has 1 fully saturated rings. The summed E-state index contributed by atoms with van der Waals surface area (Å²) in [5.74, 6) is -0.586. The van der Waals surface area contributed by atoms with Crippen molar-refractivity contribution in [1.82, 2.24) is 10.2 Å². The fourth-order valence-electron chi connectivity index (χ4n) is 3.65. The van der Waals surface area contributed by atoms with Crippen molar-refractivity contribution in [2.75, 3.05) is 42.9 Å². The van der Waals surface area contributed by atoms with E-state index in [0.717, 1.165) is 38.4 Å². The average Bonchev–Trinajstić information content (AvgIpc) is 3.26. The molecule has 2 aromatic carbocycles. The van der Waals surface area contributed by atoms with Gasteiger partial charge < -0.3 is 20.0 Å². The number of amides is 2. The van der Waals surface area contributed by atoms with E-state index in [4.69, 9.17) is 4.42 Å². The molecule has 3 aromatic rings. The zero-order chi connectivity index (χ0) is 22.3. The lowest BCUT2D eigenvalue weighted by molar-refractivity contribution is -0.115. The van der Waals surface area contributed by atoms with Crippen molar-refractivity contribution in [2.45, 2.75) is 6.54 Å². The van der Waals surface area contributed by atoms with Gasteiger partial charge in [-0.2, -0.15) is 0 Å². The zero-order valence-electron chi connectivity index (χ0n) is 17.6. The van der Waals surface area contributed by atoms with Gasteiger partial charge in [-0.15, -0.1) is 0 Å². The van der Waals surface area contributed by atoms with Crippen LogP contribution < -0.4 is 15.5 Å². The lowest BCUT2D eigenvalue weighted by atomic mass is 10.2. The largest absolute Gasteiger partial charge is 0.444 e. The van der Waals surface area contributed by atoms with Crippen LogP contribution in [0.4, 0.5) is 11.4 Å². The highest BCUT2D eigenvalue weighted by Crippen LogP contribution is 2.20. The SMILES string of the molecule is O=C(CNC(=O)c1ccc(Br)o1)Nc1ccc(N2CCN(Cc3ccccc3)CC2)cc1. The fourth-order valence-corrected chi connectivity index (χ4v) is 3.96. The van der Waals surface area contributed by atoms with Crippen molar-refractivity contribution in [3.63, 3.8) is 0 Å². The maximum Gasteiger partial charge on any atom is 0.287 e. The smallest absolute Gasteiger partial charge is 0.287 e. The van der Waals surface area contributed by atoms with Gasteiger partial charge in [0, 0.05) is 44.1 Å². The Hall–Kier alpha value is -3.10. The molecule has 0 saturated carbocycles. The van der Waals surface area contributed by atoms with Crippen LogP contribution in [0.5, 0.6) is 0 Å². The molecule has 7 nitrogen and oxygen atoms in total. The lowest BCUT2D eigenvalue weighted by Crippen LogP contribution is -2.45. The molecule has 1 aliphatic heterocycles. The molecule has 0 radical (unpaired) electrons. The van der Waals surface area contributed by atoms with E-state index in [1.54, 1.807) is 6.07 Å². The van der Waals surface area contributed by atoms with Gasteiger partial charge in [-0.05, 0) is 57.9 Å². The Morgan fingerprint density at radius 2 is 1.62 bits per heavy atom. The number of furan rings is 1. The summed E-state index contributed by atoms with van der Waals surface area (Å²) in [6, 6.07) is 21.5. The number of carbonyl (C=O) groups is 2. The Balaban J connectivity index is 1.22. The molecule has 32 heavy (non-hydrogen) atoms. The normalized spacial score (nSPS) is 14.2. The van der Waals surface area contributed by atoms with Crippen LogP contribution in [0.3, 0.4) is 0 Å². The minimum absolute atomic E-state index is 0.137. The Morgan fingerprint density at radius 3 is 2.28 bits per heavy atom. The van der Waals surface area contributed by atoms with Crippen LogP contribution in [0.2, 0.25) is 0 Å². The molecule has 0 unspecified atom stereocenters. The van der Waals surface area contributed by atoms with Crippen LogP contribution >= 0.6 is 15.9 Å². The number of nitrogens with one attached hydrogen (secondary N) is 2. The third-order valence-electron chi connectivity index (χ3n) is 5.34. The van der Waals surface area contributed by atoms with E-state index in [2.05, 4.69) is 60.6 Å². The summed E-state index contributed by atoms with van der Waals surface area (Å²) in [5, 5.41) is 5.34. The van der Waals surface area contributed by atoms with Gasteiger partial charge in [-0.25, -0.2) is 0 Å². The van der Waals surface area contributed by atoms with E-state index in [1.165, 1.54) is 11.6 Å². The molecule has 2 amide bonds. The lowest BCUT2D eigenvalue weighted by Gasteiger charge is -2.36. The molecule has 0 bridgehead atoms. The molecule has 0 aliphatic carbocycles. The van der Waals surface area contributed by atoms with Crippen molar-refractivity contribution < 1.29 is 14.0 Å². The van der Waals surface area contributed by atoms with Gasteiger partial charge in [0.05, 0.1) is 6.54 Å². The summed E-state index contributed by atoms with van der Waals surface area (Å²) < 4.78 is 5.63. The Bertz CT molecular complexity index is 1040. The minimum Gasteiger partial charge on any atom is -0.444 e. The first kappa shape index (κ1) is 22.1. The second-order valence-corrected chi connectivity index (χ2v) is 8.41. The maximum absolute atomic E-state index is 12.1. The number of rotatable bonds is 7. The predicted octanol–water partition coefficient (Wildman–Crippen LogP) is 3.73. The number of carbonyl (C=O) groups excluding carboxylic acids is 2. The number of piperazine rings is 1. The van der Waals surface area contributed by atoms with E-state index >= 15 is 0 Å². The minimum atomic E-state index is -0.437. The summed E-state index contributed by atoms with van der Waals surface area (Å²) in [5.41, 5.74) is 3.17. The molecule has 0 spiro atoms. The highest BCUT2D eigenvalue weighted by molar-refractivity contribution is 9.10. The topological polar surface area (TPSA) is 77.8 Å². The van der Waals surface area contributed by atoms with E-state index in [1.807, 2.05) is 30.3 Å². The summed E-state index contributed by atoms with van der Waals surface area (Å²) in [6.45, 7) is 4.80. The van der Waals surface area contributed by atoms with Gasteiger partial charge in [0.15, 0.2) is 10.4 Å². The first-order valence-electron chi connectivity index (χ1n) is 10.5. The number of hydrogen-bond donors (Lipinski definition) is 2. The Kier molecular flexibility index (Phi) is 7.24. The highest BCUT2D eigenvalue weighted by Gasteiger charge is 2.17. The molecule has 1 saturated heterocycles. The van der Waals surface area contributed by atoms with Crippen molar-refractivity contribution in [3.8, 4) is 0 Å². The predicted molar refractivity (Wildman–Crippen MR) is 128 cm³/mol. The number of hydrogen-bond acceptors (Lipinski definition) is 5. The number of halogens is 1. The van der Waals surface area contributed by atoms with Crippen LogP contribution in [0.1, 0.15) is 16.1 Å². The standard InChI is InChI=1S/C24H25BrN4O3/c25-22-11-10-21(32-22)24(31)26-16-23(30)27-19-6-8-20(9-7-19)29-14-12-28(13-15-29)17-18-4-2-1-3-5-18/h1-11H,12-17H2,(H,26,31)(H,27,30). The van der Waals surface area contributed by atoms with Crippen molar-refractivity contribution >= 4 is 39.1 Å².